The van der Waals surface area contributed by atoms with Crippen molar-refractivity contribution in [1.82, 2.24) is 4.90 Å². The van der Waals surface area contributed by atoms with Crippen LogP contribution in [0.4, 0.5) is 5.69 Å². The summed E-state index contributed by atoms with van der Waals surface area (Å²) in [5.41, 5.74) is 2.05. The first-order chi connectivity index (χ1) is 8.73. The number of rotatable bonds is 1. The average molecular weight is 242 g/mol. The molecule has 94 valence electrons. The molecule has 1 aromatic carbocycles. The predicted octanol–water partition coefficient (Wildman–Crippen LogP) is 2.41. The monoisotopic (exact) mass is 242 g/mol. The van der Waals surface area contributed by atoms with Crippen LogP contribution in [0.5, 0.6) is 0 Å². The van der Waals surface area contributed by atoms with Gasteiger partial charge in [0.05, 0.1) is 5.41 Å². The minimum absolute atomic E-state index is 0.199. The number of likely N-dealkylation sites (tertiary alicyclic amines) is 1. The van der Waals surface area contributed by atoms with Gasteiger partial charge >= 0.3 is 0 Å². The molecule has 18 heavy (non-hydrogen) atoms. The first-order valence-corrected chi connectivity index (χ1v) is 6.49. The molecule has 3 heteroatoms. The fourth-order valence-electron chi connectivity index (χ4n) is 3.03. The van der Waals surface area contributed by atoms with Crippen molar-refractivity contribution >= 4 is 11.6 Å². The van der Waals surface area contributed by atoms with E-state index in [-0.39, 0.29) is 11.3 Å². The quantitative estimate of drug-likeness (QED) is 0.820. The molecule has 2 aliphatic rings. The SMILES string of the molecule is C=CN1CCC2(CC1)Cc1ccccc1NC2=O. The van der Waals surface area contributed by atoms with Gasteiger partial charge in [-0.15, -0.1) is 0 Å². The number of piperidine rings is 1. The summed E-state index contributed by atoms with van der Waals surface area (Å²) in [7, 11) is 0. The van der Waals surface area contributed by atoms with Gasteiger partial charge in [0.1, 0.15) is 0 Å². The summed E-state index contributed by atoms with van der Waals surface area (Å²) in [5, 5.41) is 3.07. The molecule has 3 rings (SSSR count). The first kappa shape index (κ1) is 11.3. The lowest BCUT2D eigenvalue weighted by Gasteiger charge is -2.43. The van der Waals surface area contributed by atoms with E-state index in [1.54, 1.807) is 0 Å². The highest BCUT2D eigenvalue weighted by atomic mass is 16.2. The number of nitrogens with zero attached hydrogens (tertiary/aromatic N) is 1. The van der Waals surface area contributed by atoms with Crippen LogP contribution in [0.1, 0.15) is 18.4 Å². The molecule has 2 aliphatic heterocycles. The van der Waals surface area contributed by atoms with E-state index in [2.05, 4.69) is 22.9 Å². The number of fused-ring (bicyclic) bond motifs is 1. The summed E-state index contributed by atoms with van der Waals surface area (Å²) >= 11 is 0. The number of hydrogen-bond donors (Lipinski definition) is 1. The Morgan fingerprint density at radius 1 is 1.28 bits per heavy atom. The minimum atomic E-state index is -0.201. The Morgan fingerprint density at radius 3 is 2.72 bits per heavy atom. The zero-order chi connectivity index (χ0) is 12.6. The molecular weight excluding hydrogens is 224 g/mol. The first-order valence-electron chi connectivity index (χ1n) is 6.49. The van der Waals surface area contributed by atoms with Gasteiger partial charge < -0.3 is 10.2 Å². The smallest absolute Gasteiger partial charge is 0.231 e. The maximum absolute atomic E-state index is 12.4. The summed E-state index contributed by atoms with van der Waals surface area (Å²) in [6.07, 6.45) is 4.58. The lowest BCUT2D eigenvalue weighted by atomic mass is 9.71. The van der Waals surface area contributed by atoms with Crippen LogP contribution >= 0.6 is 0 Å². The highest BCUT2D eigenvalue weighted by molar-refractivity contribution is 5.98. The van der Waals surface area contributed by atoms with Crippen LogP contribution in [-0.2, 0) is 11.2 Å². The lowest BCUT2D eigenvalue weighted by molar-refractivity contribution is -0.128. The van der Waals surface area contributed by atoms with Crippen molar-refractivity contribution in [2.45, 2.75) is 19.3 Å². The Morgan fingerprint density at radius 2 is 2.00 bits per heavy atom. The van der Waals surface area contributed by atoms with E-state index in [0.29, 0.717) is 0 Å². The van der Waals surface area contributed by atoms with Gasteiger partial charge in [0, 0.05) is 18.8 Å². The fraction of sp³-hybridized carbons (Fsp3) is 0.400. The molecule has 1 aromatic rings. The van der Waals surface area contributed by atoms with Crippen LogP contribution in [0.2, 0.25) is 0 Å². The average Bonchev–Trinajstić information content (AvgIpc) is 2.41. The van der Waals surface area contributed by atoms with Gasteiger partial charge in [-0.25, -0.2) is 0 Å². The second-order valence-corrected chi connectivity index (χ2v) is 5.29. The van der Waals surface area contributed by atoms with Crippen molar-refractivity contribution in [3.63, 3.8) is 0 Å². The number of carbonyl (C=O) groups is 1. The van der Waals surface area contributed by atoms with E-state index < -0.39 is 0 Å². The standard InChI is InChI=1S/C15H18N2O/c1-2-17-9-7-15(8-10-17)11-12-5-3-4-6-13(12)16-14(15)18/h2-6H,1,7-11H2,(H,16,18). The number of carbonyl (C=O) groups excluding carboxylic acids is 1. The summed E-state index contributed by atoms with van der Waals surface area (Å²) < 4.78 is 0. The largest absolute Gasteiger partial charge is 0.378 e. The Bertz CT molecular complexity index is 487. The van der Waals surface area contributed by atoms with Crippen molar-refractivity contribution in [3.05, 3.63) is 42.6 Å². The lowest BCUT2D eigenvalue weighted by Crippen LogP contribution is -2.48. The number of amides is 1. The minimum Gasteiger partial charge on any atom is -0.378 e. The van der Waals surface area contributed by atoms with E-state index in [0.717, 1.165) is 38.0 Å². The van der Waals surface area contributed by atoms with E-state index in [1.807, 2.05) is 24.4 Å². The highest BCUT2D eigenvalue weighted by Gasteiger charge is 2.43. The van der Waals surface area contributed by atoms with Gasteiger partial charge in [0.15, 0.2) is 0 Å². The van der Waals surface area contributed by atoms with Crippen LogP contribution in [0.15, 0.2) is 37.0 Å². The molecule has 1 N–H and O–H groups in total. The Kier molecular flexibility index (Phi) is 2.62. The van der Waals surface area contributed by atoms with Crippen molar-refractivity contribution in [2.75, 3.05) is 18.4 Å². The summed E-state index contributed by atoms with van der Waals surface area (Å²) in [5.74, 6) is 0.199. The molecule has 0 aromatic heterocycles. The Labute approximate surface area is 107 Å². The molecule has 1 spiro atoms. The molecule has 2 heterocycles. The normalized spacial score (nSPS) is 21.3. The topological polar surface area (TPSA) is 32.3 Å². The molecule has 1 amide bonds. The van der Waals surface area contributed by atoms with Gasteiger partial charge in [-0.05, 0) is 37.1 Å². The third kappa shape index (κ3) is 1.70. The van der Waals surface area contributed by atoms with Crippen LogP contribution < -0.4 is 5.32 Å². The molecule has 0 radical (unpaired) electrons. The molecule has 0 saturated carbocycles. The molecular formula is C15H18N2O. The van der Waals surface area contributed by atoms with Crippen molar-refractivity contribution in [1.29, 1.82) is 0 Å². The van der Waals surface area contributed by atoms with Crippen molar-refractivity contribution in [3.8, 4) is 0 Å². The van der Waals surface area contributed by atoms with E-state index >= 15 is 0 Å². The molecule has 0 atom stereocenters. The number of nitrogens with one attached hydrogen (secondary N) is 1. The number of hydrogen-bond acceptors (Lipinski definition) is 2. The maximum Gasteiger partial charge on any atom is 0.231 e. The van der Waals surface area contributed by atoms with Gasteiger partial charge in [0.2, 0.25) is 5.91 Å². The summed E-state index contributed by atoms with van der Waals surface area (Å²) in [6.45, 7) is 5.66. The second kappa shape index (κ2) is 4.16. The van der Waals surface area contributed by atoms with E-state index in [1.165, 1.54) is 5.56 Å². The fourth-order valence-corrected chi connectivity index (χ4v) is 3.03. The van der Waals surface area contributed by atoms with Gasteiger partial charge in [-0.2, -0.15) is 0 Å². The van der Waals surface area contributed by atoms with Gasteiger partial charge in [-0.1, -0.05) is 24.8 Å². The van der Waals surface area contributed by atoms with Crippen LogP contribution in [0, 0.1) is 5.41 Å². The zero-order valence-electron chi connectivity index (χ0n) is 10.5. The van der Waals surface area contributed by atoms with Crippen molar-refractivity contribution in [2.24, 2.45) is 5.41 Å². The highest BCUT2D eigenvalue weighted by Crippen LogP contribution is 2.41. The summed E-state index contributed by atoms with van der Waals surface area (Å²) in [4.78, 5) is 14.6. The Hall–Kier alpha value is -1.77. The summed E-state index contributed by atoms with van der Waals surface area (Å²) in [6, 6.07) is 8.12. The van der Waals surface area contributed by atoms with Crippen LogP contribution in [0.3, 0.4) is 0 Å². The number of para-hydroxylation sites is 1. The predicted molar refractivity (Wildman–Crippen MR) is 72.2 cm³/mol. The second-order valence-electron chi connectivity index (χ2n) is 5.29. The van der Waals surface area contributed by atoms with Crippen molar-refractivity contribution < 1.29 is 4.79 Å². The third-order valence-electron chi connectivity index (χ3n) is 4.29. The van der Waals surface area contributed by atoms with Gasteiger partial charge in [0.25, 0.3) is 0 Å². The van der Waals surface area contributed by atoms with Crippen LogP contribution in [0.25, 0.3) is 0 Å². The molecule has 1 saturated heterocycles. The van der Waals surface area contributed by atoms with E-state index in [9.17, 15) is 4.79 Å². The molecule has 0 aliphatic carbocycles. The number of benzene rings is 1. The molecule has 0 bridgehead atoms. The maximum atomic E-state index is 12.4. The molecule has 1 fully saturated rings. The third-order valence-corrected chi connectivity index (χ3v) is 4.29. The number of anilines is 1. The van der Waals surface area contributed by atoms with Gasteiger partial charge in [-0.3, -0.25) is 4.79 Å². The Balaban J connectivity index is 1.87. The van der Waals surface area contributed by atoms with Crippen LogP contribution in [-0.4, -0.2) is 23.9 Å². The zero-order valence-corrected chi connectivity index (χ0v) is 10.5. The van der Waals surface area contributed by atoms with E-state index in [4.69, 9.17) is 0 Å². The molecule has 0 unspecified atom stereocenters. The molecule has 3 nitrogen and oxygen atoms in total.